The molecule has 0 atom stereocenters. The first-order valence-corrected chi connectivity index (χ1v) is 7.86. The number of aromatic nitrogens is 3. The molecule has 1 N–H and O–H groups in total. The van der Waals surface area contributed by atoms with E-state index in [4.69, 9.17) is 9.90 Å². The minimum Gasteiger partial charge on any atom is -0.483 e. The number of benzene rings is 1. The molecule has 1 aromatic carbocycles. The number of pyridine rings is 1. The lowest BCUT2D eigenvalue weighted by atomic mass is 10.1. The van der Waals surface area contributed by atoms with Gasteiger partial charge in [-0.15, -0.1) is 0 Å². The summed E-state index contributed by atoms with van der Waals surface area (Å²) in [4.78, 5) is 19.1. The summed E-state index contributed by atoms with van der Waals surface area (Å²) in [7, 11) is 4.17. The Bertz CT molecular complexity index is 768. The van der Waals surface area contributed by atoms with Gasteiger partial charge in [-0.05, 0) is 37.4 Å². The molecule has 130 valence electrons. The first-order chi connectivity index (χ1) is 12.1. The standard InChI is InChI=1S/C18H20N4.CH2O2/c1-21(2)13-15-3-5-16(6-4-15)14-22-12-11-20-18(22)17-7-9-19-10-8-17;2-1-3/h3-12H,13-14H2,1-2H3;1H,(H,2,3). The molecule has 0 fully saturated rings. The summed E-state index contributed by atoms with van der Waals surface area (Å²) in [6, 6.07) is 12.7. The number of imidazole rings is 1. The largest absolute Gasteiger partial charge is 0.483 e. The zero-order valence-corrected chi connectivity index (χ0v) is 14.4. The minimum absolute atomic E-state index is 0.250. The maximum absolute atomic E-state index is 8.36. The Balaban J connectivity index is 0.000000701. The van der Waals surface area contributed by atoms with Crippen molar-refractivity contribution in [3.05, 3.63) is 72.3 Å². The van der Waals surface area contributed by atoms with E-state index in [1.54, 1.807) is 12.4 Å². The Kier molecular flexibility index (Phi) is 6.86. The van der Waals surface area contributed by atoms with Crippen molar-refractivity contribution in [3.8, 4) is 11.4 Å². The van der Waals surface area contributed by atoms with Crippen LogP contribution in [0.15, 0.2) is 61.2 Å². The topological polar surface area (TPSA) is 71.2 Å². The fourth-order valence-corrected chi connectivity index (χ4v) is 2.51. The molecule has 6 nitrogen and oxygen atoms in total. The van der Waals surface area contributed by atoms with Gasteiger partial charge in [-0.1, -0.05) is 24.3 Å². The third-order valence-electron chi connectivity index (χ3n) is 3.53. The minimum atomic E-state index is -0.250. The van der Waals surface area contributed by atoms with Crippen LogP contribution in [0.5, 0.6) is 0 Å². The number of hydrogen-bond acceptors (Lipinski definition) is 4. The lowest BCUT2D eigenvalue weighted by Gasteiger charge is -2.11. The molecular weight excluding hydrogens is 316 g/mol. The molecule has 3 aromatic rings. The highest BCUT2D eigenvalue weighted by molar-refractivity contribution is 5.54. The lowest BCUT2D eigenvalue weighted by molar-refractivity contribution is -0.122. The number of nitrogens with zero attached hydrogens (tertiary/aromatic N) is 4. The molecule has 0 unspecified atom stereocenters. The van der Waals surface area contributed by atoms with E-state index in [1.165, 1.54) is 11.1 Å². The van der Waals surface area contributed by atoms with Gasteiger partial charge in [0.05, 0.1) is 0 Å². The molecular formula is C19H22N4O2. The number of carbonyl (C=O) groups is 1. The zero-order chi connectivity index (χ0) is 18.1. The van der Waals surface area contributed by atoms with Crippen molar-refractivity contribution >= 4 is 6.47 Å². The average molecular weight is 338 g/mol. The van der Waals surface area contributed by atoms with Gasteiger partial charge in [0.1, 0.15) is 5.82 Å². The van der Waals surface area contributed by atoms with E-state index in [1.807, 2.05) is 24.5 Å². The fraction of sp³-hybridized carbons (Fsp3) is 0.211. The van der Waals surface area contributed by atoms with E-state index in [-0.39, 0.29) is 6.47 Å². The van der Waals surface area contributed by atoms with E-state index < -0.39 is 0 Å². The highest BCUT2D eigenvalue weighted by atomic mass is 16.3. The first-order valence-electron chi connectivity index (χ1n) is 7.86. The van der Waals surface area contributed by atoms with Crippen LogP contribution in [0.4, 0.5) is 0 Å². The van der Waals surface area contributed by atoms with Crippen molar-refractivity contribution in [1.29, 1.82) is 0 Å². The molecule has 0 bridgehead atoms. The van der Waals surface area contributed by atoms with Crippen molar-refractivity contribution < 1.29 is 9.90 Å². The Morgan fingerprint density at radius 3 is 2.24 bits per heavy atom. The molecule has 0 aliphatic heterocycles. The van der Waals surface area contributed by atoms with Gasteiger partial charge in [0.25, 0.3) is 6.47 Å². The van der Waals surface area contributed by atoms with Crippen molar-refractivity contribution in [1.82, 2.24) is 19.4 Å². The molecule has 0 aliphatic carbocycles. The van der Waals surface area contributed by atoms with Gasteiger partial charge in [0.15, 0.2) is 0 Å². The summed E-state index contributed by atoms with van der Waals surface area (Å²) >= 11 is 0. The Morgan fingerprint density at radius 2 is 1.64 bits per heavy atom. The normalized spacial score (nSPS) is 10.2. The van der Waals surface area contributed by atoms with Crippen LogP contribution in [0.25, 0.3) is 11.4 Å². The predicted molar refractivity (Wildman–Crippen MR) is 97.1 cm³/mol. The highest BCUT2D eigenvalue weighted by Crippen LogP contribution is 2.18. The summed E-state index contributed by atoms with van der Waals surface area (Å²) in [5.74, 6) is 0.972. The maximum atomic E-state index is 8.36. The molecule has 25 heavy (non-hydrogen) atoms. The smallest absolute Gasteiger partial charge is 0.290 e. The second kappa shape index (κ2) is 9.34. The van der Waals surface area contributed by atoms with Crippen LogP contribution in [-0.4, -0.2) is 45.1 Å². The SMILES string of the molecule is CN(C)Cc1ccc(Cn2ccnc2-c2ccncc2)cc1.O=CO. The van der Waals surface area contributed by atoms with E-state index in [2.05, 4.69) is 57.8 Å². The molecule has 0 saturated heterocycles. The molecule has 2 heterocycles. The van der Waals surface area contributed by atoms with Gasteiger partial charge in [0, 0.05) is 43.4 Å². The zero-order valence-electron chi connectivity index (χ0n) is 14.4. The van der Waals surface area contributed by atoms with Crippen molar-refractivity contribution in [2.24, 2.45) is 0 Å². The quantitative estimate of drug-likeness (QED) is 0.724. The van der Waals surface area contributed by atoms with Gasteiger partial charge in [0.2, 0.25) is 0 Å². The number of rotatable bonds is 5. The number of carboxylic acid groups (broad SMARTS) is 1. The van der Waals surface area contributed by atoms with Crippen molar-refractivity contribution in [3.63, 3.8) is 0 Å². The molecule has 0 amide bonds. The third-order valence-corrected chi connectivity index (χ3v) is 3.53. The van der Waals surface area contributed by atoms with E-state index in [0.29, 0.717) is 0 Å². The average Bonchev–Trinajstić information content (AvgIpc) is 3.06. The van der Waals surface area contributed by atoms with Crippen LogP contribution in [0.1, 0.15) is 11.1 Å². The Hall–Kier alpha value is -2.99. The summed E-state index contributed by atoms with van der Waals surface area (Å²) < 4.78 is 2.16. The van der Waals surface area contributed by atoms with Crippen LogP contribution in [0.2, 0.25) is 0 Å². The van der Waals surface area contributed by atoms with Gasteiger partial charge in [-0.2, -0.15) is 0 Å². The van der Waals surface area contributed by atoms with Gasteiger partial charge in [-0.3, -0.25) is 9.78 Å². The second-order valence-corrected chi connectivity index (χ2v) is 5.77. The summed E-state index contributed by atoms with van der Waals surface area (Å²) in [5.41, 5.74) is 3.69. The van der Waals surface area contributed by atoms with Gasteiger partial charge >= 0.3 is 0 Å². The molecule has 0 radical (unpaired) electrons. The molecule has 6 heteroatoms. The molecule has 2 aromatic heterocycles. The van der Waals surface area contributed by atoms with E-state index in [9.17, 15) is 0 Å². The van der Waals surface area contributed by atoms with Crippen LogP contribution >= 0.6 is 0 Å². The molecule has 3 rings (SSSR count). The Labute approximate surface area is 147 Å². The van der Waals surface area contributed by atoms with E-state index in [0.717, 1.165) is 24.5 Å². The summed E-state index contributed by atoms with van der Waals surface area (Å²) in [6.07, 6.45) is 7.45. The first kappa shape index (κ1) is 18.4. The van der Waals surface area contributed by atoms with Crippen molar-refractivity contribution in [2.45, 2.75) is 13.1 Å². The van der Waals surface area contributed by atoms with Crippen LogP contribution in [0.3, 0.4) is 0 Å². The van der Waals surface area contributed by atoms with Crippen LogP contribution in [-0.2, 0) is 17.9 Å². The third kappa shape index (κ3) is 5.54. The summed E-state index contributed by atoms with van der Waals surface area (Å²) in [6.45, 7) is 1.54. The Morgan fingerprint density at radius 1 is 1.04 bits per heavy atom. The van der Waals surface area contributed by atoms with Crippen LogP contribution in [0, 0.1) is 0 Å². The molecule has 0 spiro atoms. The molecule has 0 saturated carbocycles. The summed E-state index contributed by atoms with van der Waals surface area (Å²) in [5, 5.41) is 6.89. The van der Waals surface area contributed by atoms with Crippen molar-refractivity contribution in [2.75, 3.05) is 14.1 Å². The number of hydrogen-bond donors (Lipinski definition) is 1. The second-order valence-electron chi connectivity index (χ2n) is 5.77. The molecule has 0 aliphatic rings. The highest BCUT2D eigenvalue weighted by Gasteiger charge is 2.06. The predicted octanol–water partition coefficient (Wildman–Crippen LogP) is 2.76. The van der Waals surface area contributed by atoms with Gasteiger partial charge < -0.3 is 14.6 Å². The van der Waals surface area contributed by atoms with E-state index >= 15 is 0 Å². The fourth-order valence-electron chi connectivity index (χ4n) is 2.51. The lowest BCUT2D eigenvalue weighted by Crippen LogP contribution is -2.10. The maximum Gasteiger partial charge on any atom is 0.290 e. The van der Waals surface area contributed by atoms with Gasteiger partial charge in [-0.25, -0.2) is 4.98 Å². The monoisotopic (exact) mass is 338 g/mol. The van der Waals surface area contributed by atoms with Crippen LogP contribution < -0.4 is 0 Å².